The first-order valence-electron chi connectivity index (χ1n) is 13.7. The summed E-state index contributed by atoms with van der Waals surface area (Å²) < 4.78 is 0. The smallest absolute Gasteiger partial charge is 0.238 e. The molecule has 2 aromatic carbocycles. The van der Waals surface area contributed by atoms with Gasteiger partial charge in [0.15, 0.2) is 0 Å². The molecular formula is C30H35N3O5. The van der Waals surface area contributed by atoms with E-state index in [9.17, 15) is 24.3 Å². The number of carbonyl (C=O) groups excluding carboxylic acids is 4. The summed E-state index contributed by atoms with van der Waals surface area (Å²) in [5.41, 5.74) is 7.87. The van der Waals surface area contributed by atoms with Gasteiger partial charge in [-0.05, 0) is 41.5 Å². The van der Waals surface area contributed by atoms with Crippen molar-refractivity contribution in [2.75, 3.05) is 13.2 Å². The molecule has 6 rings (SSSR count). The first kappa shape index (κ1) is 26.1. The fourth-order valence-electron chi connectivity index (χ4n) is 6.81. The van der Waals surface area contributed by atoms with Gasteiger partial charge in [0.1, 0.15) is 0 Å². The maximum atomic E-state index is 13.8. The van der Waals surface area contributed by atoms with Crippen LogP contribution < -0.4 is 10.9 Å². The largest absolute Gasteiger partial charge is 0.395 e. The number of carbonyl (C=O) groups is 4. The van der Waals surface area contributed by atoms with Crippen LogP contribution in [0.25, 0.3) is 0 Å². The molecule has 0 saturated carbocycles. The lowest BCUT2D eigenvalue weighted by molar-refractivity contribution is -0.140. The first-order chi connectivity index (χ1) is 18.5. The van der Waals surface area contributed by atoms with Gasteiger partial charge >= 0.3 is 0 Å². The number of likely N-dealkylation sites (tertiary alicyclic amines) is 1. The lowest BCUT2D eigenvalue weighted by atomic mass is 9.47. The number of aliphatic hydroxyl groups is 1. The summed E-state index contributed by atoms with van der Waals surface area (Å²) in [5.74, 6) is -2.20. The van der Waals surface area contributed by atoms with E-state index in [1.165, 1.54) is 4.90 Å². The highest BCUT2D eigenvalue weighted by Gasteiger charge is 2.67. The molecule has 1 saturated heterocycles. The van der Waals surface area contributed by atoms with Gasteiger partial charge in [0, 0.05) is 25.3 Å². The second-order valence-corrected chi connectivity index (χ2v) is 10.6. The molecule has 0 aromatic heterocycles. The highest BCUT2D eigenvalue weighted by Crippen LogP contribution is 2.63. The average molecular weight is 518 g/mol. The third-order valence-corrected chi connectivity index (χ3v) is 8.52. The average Bonchev–Trinajstić information content (AvgIpc) is 3.20. The Labute approximate surface area is 222 Å². The molecule has 2 aromatic rings. The van der Waals surface area contributed by atoms with Crippen LogP contribution in [-0.4, -0.2) is 46.8 Å². The normalized spacial score (nSPS) is 24.6. The number of rotatable bonds is 10. The van der Waals surface area contributed by atoms with Crippen LogP contribution in [0, 0.1) is 11.8 Å². The predicted molar refractivity (Wildman–Crippen MR) is 141 cm³/mol. The third kappa shape index (κ3) is 4.11. The Hall–Kier alpha value is -3.52. The van der Waals surface area contributed by atoms with Crippen molar-refractivity contribution in [2.24, 2.45) is 11.8 Å². The Morgan fingerprint density at radius 2 is 1.42 bits per heavy atom. The van der Waals surface area contributed by atoms with Crippen molar-refractivity contribution in [2.45, 2.75) is 63.2 Å². The van der Waals surface area contributed by atoms with Gasteiger partial charge in [0.2, 0.25) is 23.6 Å². The molecule has 3 aliphatic carbocycles. The van der Waals surface area contributed by atoms with Gasteiger partial charge in [0.25, 0.3) is 0 Å². The number of nitrogens with one attached hydrogen (secondary N) is 2. The van der Waals surface area contributed by atoms with Gasteiger partial charge in [-0.25, -0.2) is 0 Å². The monoisotopic (exact) mass is 517 g/mol. The summed E-state index contributed by atoms with van der Waals surface area (Å²) in [6, 6.07) is 15.8. The van der Waals surface area contributed by atoms with Crippen molar-refractivity contribution in [3.8, 4) is 0 Å². The number of aliphatic hydroxyl groups excluding tert-OH is 1. The van der Waals surface area contributed by atoms with E-state index in [1.807, 2.05) is 55.5 Å². The van der Waals surface area contributed by atoms with Crippen LogP contribution in [0.5, 0.6) is 0 Å². The Balaban J connectivity index is 1.24. The van der Waals surface area contributed by atoms with E-state index in [2.05, 4.69) is 10.9 Å². The molecular weight excluding hydrogens is 482 g/mol. The summed E-state index contributed by atoms with van der Waals surface area (Å²) in [4.78, 5) is 52.6. The number of hydrazine groups is 1. The summed E-state index contributed by atoms with van der Waals surface area (Å²) in [6.45, 7) is 2.04. The zero-order chi connectivity index (χ0) is 26.9. The lowest BCUT2D eigenvalue weighted by Crippen LogP contribution is -2.55. The standard InChI is InChI=1S/C30H35N3O5/c1-2-3-15-23(35)31-32-24(36)16-5-4-10-17-33-28(37)26-25-19-11-6-8-13-21(19)30(18-34,27(26)29(33)38)22-14-9-7-12-20(22)25/h6-9,11-14,25-27,34H,2-5,10,15-18H2,1H3,(H,31,35)(H,32,36)/t25?,26-,27+,30?/m0/s1. The minimum absolute atomic E-state index is 0.167. The van der Waals surface area contributed by atoms with E-state index in [4.69, 9.17) is 0 Å². The molecule has 38 heavy (non-hydrogen) atoms. The molecule has 0 unspecified atom stereocenters. The number of hydrogen-bond donors (Lipinski definition) is 3. The predicted octanol–water partition coefficient (Wildman–Crippen LogP) is 2.92. The van der Waals surface area contributed by atoms with Gasteiger partial charge in [-0.3, -0.25) is 34.9 Å². The van der Waals surface area contributed by atoms with E-state index in [0.29, 0.717) is 32.2 Å². The summed E-state index contributed by atoms with van der Waals surface area (Å²) >= 11 is 0. The van der Waals surface area contributed by atoms with Gasteiger partial charge in [-0.15, -0.1) is 0 Å². The van der Waals surface area contributed by atoms with E-state index in [0.717, 1.165) is 35.1 Å². The van der Waals surface area contributed by atoms with Gasteiger partial charge in [-0.2, -0.15) is 0 Å². The summed E-state index contributed by atoms with van der Waals surface area (Å²) in [6.07, 6.45) is 4.15. The number of nitrogens with zero attached hydrogens (tertiary/aromatic N) is 1. The zero-order valence-electron chi connectivity index (χ0n) is 21.7. The van der Waals surface area contributed by atoms with Crippen LogP contribution in [-0.2, 0) is 24.6 Å². The molecule has 3 N–H and O–H groups in total. The fraction of sp³-hybridized carbons (Fsp3) is 0.467. The minimum Gasteiger partial charge on any atom is -0.395 e. The van der Waals surface area contributed by atoms with Gasteiger partial charge < -0.3 is 5.11 Å². The minimum atomic E-state index is -0.937. The molecule has 4 amide bonds. The number of unbranched alkanes of at least 4 members (excludes halogenated alkanes) is 3. The van der Waals surface area contributed by atoms with Crippen LogP contribution in [0.3, 0.4) is 0 Å². The maximum absolute atomic E-state index is 13.8. The SMILES string of the molecule is CCCCC(=O)NNC(=O)CCCCCN1C(=O)[C@H]2C3c4ccccc4C(CO)(c4ccccc43)[C@H]2C1=O. The Kier molecular flexibility index (Phi) is 7.34. The van der Waals surface area contributed by atoms with Crippen LogP contribution >= 0.6 is 0 Å². The molecule has 8 heteroatoms. The van der Waals surface area contributed by atoms with Crippen molar-refractivity contribution < 1.29 is 24.3 Å². The number of imide groups is 1. The highest BCUT2D eigenvalue weighted by molar-refractivity contribution is 6.08. The van der Waals surface area contributed by atoms with Gasteiger partial charge in [-0.1, -0.05) is 68.3 Å². The van der Waals surface area contributed by atoms with Crippen molar-refractivity contribution in [1.82, 2.24) is 15.8 Å². The third-order valence-electron chi connectivity index (χ3n) is 8.52. The van der Waals surface area contributed by atoms with Crippen molar-refractivity contribution in [1.29, 1.82) is 0 Å². The molecule has 200 valence electrons. The molecule has 1 heterocycles. The van der Waals surface area contributed by atoms with Crippen molar-refractivity contribution in [3.05, 3.63) is 70.8 Å². The number of benzene rings is 2. The number of amides is 4. The maximum Gasteiger partial charge on any atom is 0.238 e. The van der Waals surface area contributed by atoms with Crippen LogP contribution in [0.1, 0.15) is 80.0 Å². The Bertz CT molecular complexity index is 1210. The van der Waals surface area contributed by atoms with E-state index < -0.39 is 17.3 Å². The zero-order valence-corrected chi connectivity index (χ0v) is 21.7. The fourth-order valence-corrected chi connectivity index (χ4v) is 6.81. The first-order valence-corrected chi connectivity index (χ1v) is 13.7. The topological polar surface area (TPSA) is 116 Å². The lowest BCUT2D eigenvalue weighted by Gasteiger charge is -2.53. The molecule has 0 radical (unpaired) electrons. The van der Waals surface area contributed by atoms with Crippen molar-refractivity contribution >= 4 is 23.6 Å². The van der Waals surface area contributed by atoms with Crippen LogP contribution in [0.2, 0.25) is 0 Å². The van der Waals surface area contributed by atoms with Crippen LogP contribution in [0.15, 0.2) is 48.5 Å². The Morgan fingerprint density at radius 1 is 0.842 bits per heavy atom. The van der Waals surface area contributed by atoms with Crippen molar-refractivity contribution in [3.63, 3.8) is 0 Å². The number of hydrogen-bond acceptors (Lipinski definition) is 5. The molecule has 8 nitrogen and oxygen atoms in total. The van der Waals surface area contributed by atoms with E-state index >= 15 is 0 Å². The highest BCUT2D eigenvalue weighted by atomic mass is 16.3. The van der Waals surface area contributed by atoms with Crippen LogP contribution in [0.4, 0.5) is 0 Å². The summed E-state index contributed by atoms with van der Waals surface area (Å²) in [7, 11) is 0. The molecule has 2 bridgehead atoms. The van der Waals surface area contributed by atoms with E-state index in [-0.39, 0.29) is 42.6 Å². The molecule has 0 spiro atoms. The summed E-state index contributed by atoms with van der Waals surface area (Å²) in [5, 5.41) is 10.9. The second-order valence-electron chi connectivity index (χ2n) is 10.6. The molecule has 4 aliphatic rings. The quantitative estimate of drug-likeness (QED) is 0.255. The van der Waals surface area contributed by atoms with Gasteiger partial charge in [0.05, 0.1) is 23.9 Å². The molecule has 1 fully saturated rings. The second kappa shape index (κ2) is 10.7. The van der Waals surface area contributed by atoms with E-state index in [1.54, 1.807) is 0 Å². The molecule has 1 aliphatic heterocycles. The molecule has 2 atom stereocenters. The Morgan fingerprint density at radius 3 is 2.00 bits per heavy atom.